The first-order valence-electron chi connectivity index (χ1n) is 8.20. The van der Waals surface area contributed by atoms with Crippen LogP contribution in [0.15, 0.2) is 59.7 Å². The summed E-state index contributed by atoms with van der Waals surface area (Å²) in [4.78, 5) is 13.9. The van der Waals surface area contributed by atoms with E-state index in [0.717, 1.165) is 11.3 Å². The van der Waals surface area contributed by atoms with E-state index in [1.165, 1.54) is 24.1 Å². The van der Waals surface area contributed by atoms with Gasteiger partial charge in [-0.1, -0.05) is 18.2 Å². The summed E-state index contributed by atoms with van der Waals surface area (Å²) >= 11 is 0. The normalized spacial score (nSPS) is 16.5. The van der Waals surface area contributed by atoms with Crippen molar-refractivity contribution in [2.24, 2.45) is 5.10 Å². The van der Waals surface area contributed by atoms with E-state index >= 15 is 0 Å². The maximum absolute atomic E-state index is 13.1. The summed E-state index contributed by atoms with van der Waals surface area (Å²) in [5.41, 5.74) is 2.70. The summed E-state index contributed by atoms with van der Waals surface area (Å²) in [6.07, 6.45) is 3.01. The number of hydrogen-bond acceptors (Lipinski definition) is 4. The van der Waals surface area contributed by atoms with Gasteiger partial charge in [0.1, 0.15) is 5.82 Å². The number of benzene rings is 2. The largest absolute Gasteiger partial charge is 0.446 e. The Morgan fingerprint density at radius 3 is 2.38 bits per heavy atom. The SMILES string of the molecule is CC(=O)N1N=C(c2ccc(F)cc2)OC1C=Cc1ccc(N(C)C)cc1. The lowest BCUT2D eigenvalue weighted by atomic mass is 10.2. The second-order valence-electron chi connectivity index (χ2n) is 6.13. The van der Waals surface area contributed by atoms with Crippen LogP contribution in [0.5, 0.6) is 0 Å². The van der Waals surface area contributed by atoms with E-state index < -0.39 is 6.23 Å². The molecule has 3 rings (SSSR count). The van der Waals surface area contributed by atoms with Crippen LogP contribution in [0.4, 0.5) is 10.1 Å². The van der Waals surface area contributed by atoms with E-state index in [0.29, 0.717) is 5.56 Å². The molecule has 6 heteroatoms. The molecule has 0 spiro atoms. The molecule has 0 fully saturated rings. The van der Waals surface area contributed by atoms with Crippen molar-refractivity contribution in [3.05, 3.63) is 71.6 Å². The monoisotopic (exact) mass is 353 g/mol. The van der Waals surface area contributed by atoms with Gasteiger partial charge in [0, 0.05) is 32.3 Å². The Bertz CT molecular complexity index is 842. The third-order valence-corrected chi connectivity index (χ3v) is 3.95. The molecule has 0 N–H and O–H groups in total. The first-order chi connectivity index (χ1) is 12.4. The molecular formula is C20H20FN3O2. The van der Waals surface area contributed by atoms with Crippen LogP contribution in [0.2, 0.25) is 0 Å². The Morgan fingerprint density at radius 1 is 1.15 bits per heavy atom. The number of ether oxygens (including phenoxy) is 1. The molecule has 0 aromatic heterocycles. The summed E-state index contributed by atoms with van der Waals surface area (Å²) in [6, 6.07) is 13.8. The molecule has 0 radical (unpaired) electrons. The molecule has 2 aromatic carbocycles. The summed E-state index contributed by atoms with van der Waals surface area (Å²) in [5.74, 6) is -0.286. The predicted octanol–water partition coefficient (Wildman–Crippen LogP) is 3.47. The van der Waals surface area contributed by atoms with Crippen molar-refractivity contribution in [1.29, 1.82) is 0 Å². The molecule has 0 saturated heterocycles. The Hall–Kier alpha value is -3.15. The van der Waals surface area contributed by atoms with Gasteiger partial charge in [-0.25, -0.2) is 4.39 Å². The van der Waals surface area contributed by atoms with Crippen LogP contribution in [0.1, 0.15) is 18.1 Å². The lowest BCUT2D eigenvalue weighted by Crippen LogP contribution is -2.30. The molecule has 1 amide bonds. The zero-order valence-corrected chi connectivity index (χ0v) is 14.9. The molecular weight excluding hydrogens is 333 g/mol. The van der Waals surface area contributed by atoms with Crippen molar-refractivity contribution in [3.63, 3.8) is 0 Å². The highest BCUT2D eigenvalue weighted by Crippen LogP contribution is 2.20. The van der Waals surface area contributed by atoms with Gasteiger partial charge in [-0.3, -0.25) is 4.79 Å². The minimum Gasteiger partial charge on any atom is -0.446 e. The lowest BCUT2D eigenvalue weighted by molar-refractivity contribution is -0.132. The average Bonchev–Trinajstić information content (AvgIpc) is 3.05. The third-order valence-electron chi connectivity index (χ3n) is 3.95. The molecule has 134 valence electrons. The average molecular weight is 353 g/mol. The highest BCUT2D eigenvalue weighted by Gasteiger charge is 2.29. The van der Waals surface area contributed by atoms with Crippen molar-refractivity contribution < 1.29 is 13.9 Å². The van der Waals surface area contributed by atoms with Crippen LogP contribution in [-0.2, 0) is 9.53 Å². The maximum atomic E-state index is 13.1. The Morgan fingerprint density at radius 2 is 1.81 bits per heavy atom. The summed E-state index contributed by atoms with van der Waals surface area (Å²) in [5, 5.41) is 5.48. The number of nitrogens with zero attached hydrogens (tertiary/aromatic N) is 3. The topological polar surface area (TPSA) is 45.1 Å². The van der Waals surface area contributed by atoms with Gasteiger partial charge in [-0.05, 0) is 48.0 Å². The van der Waals surface area contributed by atoms with Crippen molar-refractivity contribution in [1.82, 2.24) is 5.01 Å². The predicted molar refractivity (Wildman–Crippen MR) is 100 cm³/mol. The molecule has 0 bridgehead atoms. The van der Waals surface area contributed by atoms with Gasteiger partial charge in [0.05, 0.1) is 0 Å². The second-order valence-corrected chi connectivity index (χ2v) is 6.13. The number of carbonyl (C=O) groups excluding carboxylic acids is 1. The molecule has 1 unspecified atom stereocenters. The fourth-order valence-electron chi connectivity index (χ4n) is 2.51. The number of halogens is 1. The van der Waals surface area contributed by atoms with E-state index in [-0.39, 0.29) is 17.6 Å². The van der Waals surface area contributed by atoms with E-state index in [1.807, 2.05) is 49.3 Å². The van der Waals surface area contributed by atoms with Crippen molar-refractivity contribution in [2.75, 3.05) is 19.0 Å². The molecule has 5 nitrogen and oxygen atoms in total. The molecule has 1 atom stereocenters. The molecule has 0 saturated carbocycles. The number of hydrogen-bond donors (Lipinski definition) is 0. The summed E-state index contributed by atoms with van der Waals surface area (Å²) < 4.78 is 18.9. The van der Waals surface area contributed by atoms with E-state index in [9.17, 15) is 9.18 Å². The van der Waals surface area contributed by atoms with E-state index in [2.05, 4.69) is 5.10 Å². The number of hydrazone groups is 1. The van der Waals surface area contributed by atoms with Crippen LogP contribution >= 0.6 is 0 Å². The molecule has 1 heterocycles. The van der Waals surface area contributed by atoms with Crippen LogP contribution in [0.3, 0.4) is 0 Å². The Balaban J connectivity index is 1.77. The maximum Gasteiger partial charge on any atom is 0.243 e. The van der Waals surface area contributed by atoms with Crippen molar-refractivity contribution in [3.8, 4) is 0 Å². The summed E-state index contributed by atoms with van der Waals surface area (Å²) in [7, 11) is 3.96. The number of amides is 1. The third kappa shape index (κ3) is 3.91. The van der Waals surface area contributed by atoms with Crippen molar-refractivity contribution in [2.45, 2.75) is 13.2 Å². The summed E-state index contributed by atoms with van der Waals surface area (Å²) in [6.45, 7) is 1.42. The van der Waals surface area contributed by atoms with E-state index in [1.54, 1.807) is 18.2 Å². The number of anilines is 1. The second kappa shape index (κ2) is 7.39. The number of rotatable bonds is 4. The fourth-order valence-corrected chi connectivity index (χ4v) is 2.51. The molecule has 1 aliphatic rings. The smallest absolute Gasteiger partial charge is 0.243 e. The lowest BCUT2D eigenvalue weighted by Gasteiger charge is -2.15. The highest BCUT2D eigenvalue weighted by atomic mass is 19.1. The van der Waals surface area contributed by atoms with Gasteiger partial charge < -0.3 is 9.64 Å². The first-order valence-corrected chi connectivity index (χ1v) is 8.20. The quantitative estimate of drug-likeness (QED) is 0.845. The highest BCUT2D eigenvalue weighted by molar-refractivity contribution is 5.96. The molecule has 0 aliphatic carbocycles. The first kappa shape index (κ1) is 17.7. The minimum absolute atomic E-state index is 0.236. The van der Waals surface area contributed by atoms with Gasteiger partial charge >= 0.3 is 0 Å². The minimum atomic E-state index is -0.638. The van der Waals surface area contributed by atoms with Crippen LogP contribution in [-0.4, -0.2) is 37.1 Å². The van der Waals surface area contributed by atoms with Crippen LogP contribution in [0.25, 0.3) is 6.08 Å². The van der Waals surface area contributed by atoms with E-state index in [4.69, 9.17) is 4.74 Å². The zero-order chi connectivity index (χ0) is 18.7. The van der Waals surface area contributed by atoms with Gasteiger partial charge in [-0.15, -0.1) is 5.10 Å². The standard InChI is InChI=1S/C20H20FN3O2/c1-14(25)24-19(13-6-15-4-11-18(12-5-15)23(2)3)26-20(22-24)16-7-9-17(21)10-8-16/h4-13,19H,1-3H3. The van der Waals surface area contributed by atoms with Gasteiger partial charge in [-0.2, -0.15) is 5.01 Å². The molecule has 1 aliphatic heterocycles. The molecule has 26 heavy (non-hydrogen) atoms. The van der Waals surface area contributed by atoms with Gasteiger partial charge in [0.2, 0.25) is 18.0 Å². The van der Waals surface area contributed by atoms with Crippen molar-refractivity contribution >= 4 is 23.6 Å². The Labute approximate surface area is 152 Å². The zero-order valence-electron chi connectivity index (χ0n) is 14.9. The van der Waals surface area contributed by atoms with Crippen LogP contribution < -0.4 is 4.90 Å². The van der Waals surface area contributed by atoms with Gasteiger partial charge in [0.25, 0.3) is 0 Å². The van der Waals surface area contributed by atoms with Gasteiger partial charge in [0.15, 0.2) is 0 Å². The Kier molecular flexibility index (Phi) is 5.02. The number of carbonyl (C=O) groups is 1. The molecule has 2 aromatic rings. The van der Waals surface area contributed by atoms with Crippen LogP contribution in [0, 0.1) is 5.82 Å². The fraction of sp³-hybridized carbons (Fsp3) is 0.200.